The molecule has 1 aliphatic rings. The Bertz CT molecular complexity index is 165. The van der Waals surface area contributed by atoms with Crippen LogP contribution in [0.25, 0.3) is 0 Å². The average Bonchev–Trinajstić information content (AvgIpc) is 2.33. The van der Waals surface area contributed by atoms with Crippen molar-refractivity contribution < 1.29 is 13.9 Å². The van der Waals surface area contributed by atoms with Gasteiger partial charge in [-0.25, -0.2) is 8.78 Å². The van der Waals surface area contributed by atoms with Crippen LogP contribution in [-0.4, -0.2) is 17.1 Å². The van der Waals surface area contributed by atoms with E-state index in [0.29, 0.717) is 0 Å². The number of allylic oxidation sites excluding steroid dienone is 1. The molecule has 3 atom stereocenters. The van der Waals surface area contributed by atoms with Crippen molar-refractivity contribution in [3.8, 4) is 0 Å². The van der Waals surface area contributed by atoms with Gasteiger partial charge in [-0.1, -0.05) is 6.08 Å². The van der Waals surface area contributed by atoms with Crippen LogP contribution in [0.1, 0.15) is 13.3 Å². The van der Waals surface area contributed by atoms with Crippen LogP contribution >= 0.6 is 0 Å². The van der Waals surface area contributed by atoms with Crippen LogP contribution in [0, 0.1) is 11.8 Å². The maximum Gasteiger partial charge on any atom is 0.258 e. The number of aliphatic hydroxyl groups is 1. The Balaban J connectivity index is 2.46. The van der Waals surface area contributed by atoms with E-state index in [1.807, 2.05) is 0 Å². The van der Waals surface area contributed by atoms with Gasteiger partial charge in [-0.05, 0) is 13.3 Å². The third-order valence-corrected chi connectivity index (χ3v) is 2.11. The van der Waals surface area contributed by atoms with Crippen molar-refractivity contribution in [3.05, 3.63) is 12.7 Å². The first-order valence-electron chi connectivity index (χ1n) is 3.68. The normalized spacial score (nSPS) is 36.4. The molecule has 3 heteroatoms. The predicted octanol–water partition coefficient (Wildman–Crippen LogP) is 1.82. The molecule has 1 N–H and O–H groups in total. The summed E-state index contributed by atoms with van der Waals surface area (Å²) in [7, 11) is 0. The highest BCUT2D eigenvalue weighted by Gasteiger charge is 2.66. The molecule has 0 aliphatic heterocycles. The molecular formula is C8H12F2O. The molecule has 1 saturated carbocycles. The number of hydrogen-bond acceptors (Lipinski definition) is 1. The fraction of sp³-hybridized carbons (Fsp3) is 0.750. The number of hydrogen-bond donors (Lipinski definition) is 1. The quantitative estimate of drug-likeness (QED) is 0.627. The second-order valence-corrected chi connectivity index (χ2v) is 3.13. The standard InChI is InChI=1S/C8H12F2O/c1-3-6-7(4-5(2)11)8(6,9)10/h3,5-7,11H,1,4H2,2H3/t5-,6?,7?/m0/s1. The van der Waals surface area contributed by atoms with Crippen LogP contribution in [0.2, 0.25) is 0 Å². The molecule has 0 radical (unpaired) electrons. The number of rotatable bonds is 3. The van der Waals surface area contributed by atoms with Gasteiger partial charge in [0.05, 0.1) is 6.10 Å². The fourth-order valence-corrected chi connectivity index (χ4v) is 1.41. The molecule has 1 nitrogen and oxygen atoms in total. The highest BCUT2D eigenvalue weighted by Crippen LogP contribution is 2.57. The van der Waals surface area contributed by atoms with E-state index >= 15 is 0 Å². The van der Waals surface area contributed by atoms with E-state index in [2.05, 4.69) is 6.58 Å². The van der Waals surface area contributed by atoms with Crippen LogP contribution in [-0.2, 0) is 0 Å². The smallest absolute Gasteiger partial charge is 0.258 e. The van der Waals surface area contributed by atoms with Crippen molar-refractivity contribution in [1.29, 1.82) is 0 Å². The predicted molar refractivity (Wildman–Crippen MR) is 38.4 cm³/mol. The van der Waals surface area contributed by atoms with E-state index in [-0.39, 0.29) is 6.42 Å². The van der Waals surface area contributed by atoms with Crippen molar-refractivity contribution in [2.75, 3.05) is 0 Å². The minimum atomic E-state index is -2.61. The van der Waals surface area contributed by atoms with E-state index in [1.54, 1.807) is 0 Å². The molecule has 11 heavy (non-hydrogen) atoms. The third kappa shape index (κ3) is 1.43. The fourth-order valence-electron chi connectivity index (χ4n) is 1.41. The second-order valence-electron chi connectivity index (χ2n) is 3.13. The first-order valence-corrected chi connectivity index (χ1v) is 3.68. The molecule has 0 aromatic rings. The molecule has 64 valence electrons. The molecule has 2 unspecified atom stereocenters. The first kappa shape index (κ1) is 8.65. The van der Waals surface area contributed by atoms with Gasteiger partial charge >= 0.3 is 0 Å². The first-order chi connectivity index (χ1) is 5.00. The molecular weight excluding hydrogens is 150 g/mol. The average molecular weight is 162 g/mol. The molecule has 0 heterocycles. The summed E-state index contributed by atoms with van der Waals surface area (Å²) in [6.07, 6.45) is 0.798. The molecule has 0 aromatic heterocycles. The zero-order chi connectivity index (χ0) is 8.65. The molecule has 0 amide bonds. The van der Waals surface area contributed by atoms with Crippen molar-refractivity contribution in [3.63, 3.8) is 0 Å². The Morgan fingerprint density at radius 3 is 2.55 bits per heavy atom. The number of aliphatic hydroxyl groups excluding tert-OH is 1. The largest absolute Gasteiger partial charge is 0.393 e. The van der Waals surface area contributed by atoms with Gasteiger partial charge in [0.25, 0.3) is 5.92 Å². The van der Waals surface area contributed by atoms with Crippen LogP contribution in [0.3, 0.4) is 0 Å². The zero-order valence-electron chi connectivity index (χ0n) is 6.43. The summed E-state index contributed by atoms with van der Waals surface area (Å²) in [6.45, 7) is 4.84. The maximum atomic E-state index is 12.6. The lowest BCUT2D eigenvalue weighted by molar-refractivity contribution is 0.0752. The summed E-state index contributed by atoms with van der Waals surface area (Å²) in [5.74, 6) is -4.00. The Morgan fingerprint density at radius 2 is 2.27 bits per heavy atom. The Hall–Kier alpha value is -0.440. The van der Waals surface area contributed by atoms with Gasteiger partial charge in [-0.2, -0.15) is 0 Å². The highest BCUT2D eigenvalue weighted by atomic mass is 19.3. The summed E-state index contributed by atoms with van der Waals surface area (Å²) in [5.41, 5.74) is 0. The Labute approximate surface area is 64.7 Å². The molecule has 0 aromatic carbocycles. The monoisotopic (exact) mass is 162 g/mol. The van der Waals surface area contributed by atoms with E-state index < -0.39 is 23.9 Å². The van der Waals surface area contributed by atoms with Gasteiger partial charge in [0.15, 0.2) is 0 Å². The summed E-state index contributed by atoms with van der Waals surface area (Å²) < 4.78 is 25.3. The van der Waals surface area contributed by atoms with Gasteiger partial charge in [0.2, 0.25) is 0 Å². The van der Waals surface area contributed by atoms with Crippen molar-refractivity contribution in [1.82, 2.24) is 0 Å². The van der Waals surface area contributed by atoms with Crippen molar-refractivity contribution in [2.24, 2.45) is 11.8 Å². The van der Waals surface area contributed by atoms with E-state index in [4.69, 9.17) is 5.11 Å². The summed E-state index contributed by atoms with van der Waals surface area (Å²) >= 11 is 0. The molecule has 1 aliphatic carbocycles. The lowest BCUT2D eigenvalue weighted by Crippen LogP contribution is -2.04. The summed E-state index contributed by atoms with van der Waals surface area (Å²) in [4.78, 5) is 0. The lowest BCUT2D eigenvalue weighted by atomic mass is 10.2. The SMILES string of the molecule is C=CC1C(C[C@H](C)O)C1(F)F. The summed E-state index contributed by atoms with van der Waals surface area (Å²) in [5, 5.41) is 8.84. The molecule has 1 rings (SSSR count). The molecule has 1 fully saturated rings. The highest BCUT2D eigenvalue weighted by molar-refractivity contribution is 5.13. The minimum Gasteiger partial charge on any atom is -0.393 e. The molecule has 0 spiro atoms. The van der Waals surface area contributed by atoms with E-state index in [0.717, 1.165) is 0 Å². The molecule has 0 bridgehead atoms. The van der Waals surface area contributed by atoms with Crippen LogP contribution in [0.5, 0.6) is 0 Å². The summed E-state index contributed by atoms with van der Waals surface area (Å²) in [6, 6.07) is 0. The van der Waals surface area contributed by atoms with E-state index in [9.17, 15) is 8.78 Å². The van der Waals surface area contributed by atoms with Gasteiger partial charge in [-0.3, -0.25) is 0 Å². The van der Waals surface area contributed by atoms with Crippen molar-refractivity contribution >= 4 is 0 Å². The molecule has 0 saturated heterocycles. The van der Waals surface area contributed by atoms with Gasteiger partial charge in [-0.15, -0.1) is 6.58 Å². The van der Waals surface area contributed by atoms with Crippen molar-refractivity contribution in [2.45, 2.75) is 25.4 Å². The van der Waals surface area contributed by atoms with Gasteiger partial charge in [0.1, 0.15) is 0 Å². The Morgan fingerprint density at radius 1 is 1.73 bits per heavy atom. The van der Waals surface area contributed by atoms with Crippen LogP contribution in [0.15, 0.2) is 12.7 Å². The van der Waals surface area contributed by atoms with Crippen LogP contribution < -0.4 is 0 Å². The van der Waals surface area contributed by atoms with Crippen LogP contribution in [0.4, 0.5) is 8.78 Å². The Kier molecular flexibility index (Phi) is 2.01. The second kappa shape index (κ2) is 2.55. The number of alkyl halides is 2. The number of halogens is 2. The zero-order valence-corrected chi connectivity index (χ0v) is 6.43. The van der Waals surface area contributed by atoms with Gasteiger partial charge < -0.3 is 5.11 Å². The van der Waals surface area contributed by atoms with Gasteiger partial charge in [0, 0.05) is 11.8 Å². The minimum absolute atomic E-state index is 0.170. The topological polar surface area (TPSA) is 20.2 Å². The van der Waals surface area contributed by atoms with E-state index in [1.165, 1.54) is 13.0 Å². The lowest BCUT2D eigenvalue weighted by Gasteiger charge is -2.00. The third-order valence-electron chi connectivity index (χ3n) is 2.11. The maximum absolute atomic E-state index is 12.6.